The van der Waals surface area contributed by atoms with Gasteiger partial charge in [-0.2, -0.15) is 0 Å². The number of hydrogen-bond acceptors (Lipinski definition) is 9. The van der Waals surface area contributed by atoms with Crippen molar-refractivity contribution in [2.75, 3.05) is 13.2 Å². The molecule has 0 aromatic rings. The predicted octanol–water partition coefficient (Wildman–Crippen LogP) is -2.56. The number of rotatable bonds is 6. The smallest absolute Gasteiger partial charge is 0.218 e. The number of hydrogen-bond donors (Lipinski definition) is 4. The van der Waals surface area contributed by atoms with Crippen LogP contribution in [0.4, 0.5) is 0 Å². The molecule has 1 fully saturated rings. The zero-order chi connectivity index (χ0) is 16.9. The first-order valence-corrected chi connectivity index (χ1v) is 7.43. The molecule has 11 nitrogen and oxygen atoms in total. The molecule has 1 amide bonds. The Morgan fingerprint density at radius 3 is 2.57 bits per heavy atom. The Bertz CT molecular complexity index is 532. The molecule has 0 aliphatic carbocycles. The molecule has 0 aromatic heterocycles. The monoisotopic (exact) mass is 356 g/mol. The molecule has 0 aromatic carbocycles. The summed E-state index contributed by atoms with van der Waals surface area (Å²) in [4.78, 5) is 11.2. The van der Waals surface area contributed by atoms with E-state index in [0.29, 0.717) is 0 Å². The van der Waals surface area contributed by atoms with E-state index in [1.165, 1.54) is 0 Å². The van der Waals surface area contributed by atoms with E-state index in [1.807, 2.05) is 0 Å². The molecule has 5 atom stereocenters. The first kappa shape index (κ1) is 21.7. The first-order valence-electron chi connectivity index (χ1n) is 6.10. The minimum atomic E-state index is -5.17. The quantitative estimate of drug-likeness (QED) is 0.225. The van der Waals surface area contributed by atoms with E-state index in [1.54, 1.807) is 0 Å². The van der Waals surface area contributed by atoms with Crippen molar-refractivity contribution in [1.29, 1.82) is 0 Å². The van der Waals surface area contributed by atoms with Gasteiger partial charge in [0.15, 0.2) is 6.29 Å². The van der Waals surface area contributed by atoms with Gasteiger partial charge in [0.05, 0.1) is 6.61 Å². The summed E-state index contributed by atoms with van der Waals surface area (Å²) in [6.07, 6.45) is -1.01. The standard InChI is InChI=1S/C11H17NO9S.H3N/c1-3-4-19-11-8(12-6(2)14)9(15)10(7(5-13)20-11)21-22(16,17)18;/h1,7-11,13,15H,4-5H2,2H3,(H,12,14)(H,16,17,18);1H3/t7-,8-,9-,10+,11-;/m1./s1. The molecule has 0 saturated carbocycles. The fourth-order valence-corrected chi connectivity index (χ4v) is 2.49. The number of amides is 1. The molecule has 0 radical (unpaired) electrons. The van der Waals surface area contributed by atoms with Crippen molar-refractivity contribution >= 4 is 16.3 Å². The van der Waals surface area contributed by atoms with Crippen molar-refractivity contribution in [3.05, 3.63) is 0 Å². The van der Waals surface area contributed by atoms with Gasteiger partial charge in [-0.05, 0) is 0 Å². The molecule has 0 bridgehead atoms. The number of nitrogens with one attached hydrogen (secondary N) is 1. The second-order valence-corrected chi connectivity index (χ2v) is 5.44. The molecule has 7 N–H and O–H groups in total. The van der Waals surface area contributed by atoms with Crippen molar-refractivity contribution in [2.24, 2.45) is 0 Å². The Hall–Kier alpha value is -1.30. The Kier molecular flexibility index (Phi) is 8.59. The van der Waals surface area contributed by atoms with E-state index in [0.717, 1.165) is 6.92 Å². The van der Waals surface area contributed by atoms with Crippen LogP contribution in [0.15, 0.2) is 0 Å². The minimum absolute atomic E-state index is 0. The lowest BCUT2D eigenvalue weighted by molar-refractivity contribution is -0.262. The van der Waals surface area contributed by atoms with E-state index < -0.39 is 53.6 Å². The lowest BCUT2D eigenvalue weighted by Crippen LogP contribution is -2.65. The molecule has 1 saturated heterocycles. The average molecular weight is 356 g/mol. The van der Waals surface area contributed by atoms with Crippen molar-refractivity contribution in [3.8, 4) is 12.3 Å². The Labute approximate surface area is 133 Å². The van der Waals surface area contributed by atoms with Crippen molar-refractivity contribution < 1.29 is 41.6 Å². The van der Waals surface area contributed by atoms with Crippen LogP contribution in [-0.2, 0) is 28.9 Å². The van der Waals surface area contributed by atoms with Crippen LogP contribution in [0.5, 0.6) is 0 Å². The molecule has 1 heterocycles. The maximum Gasteiger partial charge on any atom is 0.218 e. The van der Waals surface area contributed by atoms with Crippen LogP contribution in [0.1, 0.15) is 6.92 Å². The van der Waals surface area contributed by atoms with Crippen LogP contribution in [0.2, 0.25) is 0 Å². The van der Waals surface area contributed by atoms with Crippen LogP contribution < -0.4 is 11.5 Å². The second kappa shape index (κ2) is 9.11. The number of quaternary nitrogens is 1. The third-order valence-corrected chi connectivity index (χ3v) is 3.24. The van der Waals surface area contributed by atoms with Crippen LogP contribution in [0, 0.1) is 12.3 Å². The third kappa shape index (κ3) is 6.37. The van der Waals surface area contributed by atoms with Crippen molar-refractivity contribution in [2.45, 2.75) is 37.6 Å². The lowest BCUT2D eigenvalue weighted by Gasteiger charge is -2.43. The van der Waals surface area contributed by atoms with E-state index in [9.17, 15) is 28.0 Å². The fraction of sp³-hybridized carbons (Fsp3) is 0.727. The third-order valence-electron chi connectivity index (χ3n) is 2.78. The summed E-state index contributed by atoms with van der Waals surface area (Å²) in [7, 11) is -5.17. The average Bonchev–Trinajstić information content (AvgIpc) is 2.40. The van der Waals surface area contributed by atoms with E-state index in [2.05, 4.69) is 15.4 Å². The molecular weight excluding hydrogens is 336 g/mol. The fourth-order valence-electron chi connectivity index (χ4n) is 1.98. The van der Waals surface area contributed by atoms with Gasteiger partial charge >= 0.3 is 0 Å². The predicted molar refractivity (Wildman–Crippen MR) is 74.7 cm³/mol. The maximum absolute atomic E-state index is 11.2. The van der Waals surface area contributed by atoms with Crippen molar-refractivity contribution in [3.63, 3.8) is 0 Å². The lowest BCUT2D eigenvalue weighted by atomic mass is 9.97. The normalized spacial score (nSPS) is 30.8. The summed E-state index contributed by atoms with van der Waals surface area (Å²) in [5, 5.41) is 21.6. The Balaban J connectivity index is 0.00000484. The number of carbonyl (C=O) groups excluding carboxylic acids is 1. The molecule has 1 rings (SSSR count). The number of terminal acetylenes is 1. The van der Waals surface area contributed by atoms with Crippen molar-refractivity contribution in [1.82, 2.24) is 11.5 Å². The first-order chi connectivity index (χ1) is 10.2. The van der Waals surface area contributed by atoms with Gasteiger partial charge in [-0.3, -0.25) is 8.98 Å². The van der Waals surface area contributed by atoms with Gasteiger partial charge < -0.3 is 35.7 Å². The SMILES string of the molecule is C#CCO[C@@H]1O[C@H](CO)[C@H](OS(=O)(=O)[O-])[C@H](O)[C@H]1NC(C)=O.[NH4+]. The highest BCUT2D eigenvalue weighted by Crippen LogP contribution is 2.25. The van der Waals surface area contributed by atoms with E-state index in [-0.39, 0.29) is 12.8 Å². The van der Waals surface area contributed by atoms with Gasteiger partial charge in [0.2, 0.25) is 16.3 Å². The molecule has 1 aliphatic heterocycles. The van der Waals surface area contributed by atoms with Gasteiger partial charge in [-0.1, -0.05) is 5.92 Å². The zero-order valence-corrected chi connectivity index (χ0v) is 13.4. The summed E-state index contributed by atoms with van der Waals surface area (Å²) in [5.41, 5.74) is 0. The Morgan fingerprint density at radius 2 is 2.13 bits per heavy atom. The Morgan fingerprint density at radius 1 is 1.52 bits per heavy atom. The zero-order valence-electron chi connectivity index (χ0n) is 12.5. The summed E-state index contributed by atoms with van der Waals surface area (Å²) in [6, 6.07) is -1.25. The number of aliphatic hydroxyl groups is 2. The summed E-state index contributed by atoms with van der Waals surface area (Å²) in [6.45, 7) is 0.153. The highest BCUT2D eigenvalue weighted by atomic mass is 32.3. The number of carbonyl (C=O) groups is 1. The van der Waals surface area contributed by atoms with E-state index in [4.69, 9.17) is 15.9 Å². The maximum atomic E-state index is 11.2. The highest BCUT2D eigenvalue weighted by Gasteiger charge is 2.47. The van der Waals surface area contributed by atoms with Gasteiger partial charge in [-0.25, -0.2) is 8.42 Å². The minimum Gasteiger partial charge on any atom is -0.726 e. The molecule has 0 spiro atoms. The van der Waals surface area contributed by atoms with Gasteiger partial charge in [0.25, 0.3) is 0 Å². The molecule has 1 aliphatic rings. The van der Waals surface area contributed by atoms with Crippen LogP contribution >= 0.6 is 0 Å². The van der Waals surface area contributed by atoms with Gasteiger partial charge in [-0.15, -0.1) is 6.42 Å². The topological polar surface area (TPSA) is 191 Å². The summed E-state index contributed by atoms with van der Waals surface area (Å²) < 4.78 is 46.7. The van der Waals surface area contributed by atoms with Crippen LogP contribution in [0.25, 0.3) is 0 Å². The van der Waals surface area contributed by atoms with E-state index >= 15 is 0 Å². The van der Waals surface area contributed by atoms with Crippen LogP contribution in [-0.4, -0.2) is 72.9 Å². The van der Waals surface area contributed by atoms with Crippen LogP contribution in [0.3, 0.4) is 0 Å². The molecular formula is C11H20N2O9S. The largest absolute Gasteiger partial charge is 0.726 e. The summed E-state index contributed by atoms with van der Waals surface area (Å²) in [5.74, 6) is 1.57. The molecule has 0 unspecified atom stereocenters. The second-order valence-electron chi connectivity index (χ2n) is 4.43. The summed E-state index contributed by atoms with van der Waals surface area (Å²) >= 11 is 0. The number of aliphatic hydroxyl groups excluding tert-OH is 2. The van der Waals surface area contributed by atoms with Gasteiger partial charge in [0, 0.05) is 6.92 Å². The molecule has 134 valence electrons. The highest BCUT2D eigenvalue weighted by molar-refractivity contribution is 7.80. The van der Waals surface area contributed by atoms with Gasteiger partial charge in [0.1, 0.15) is 31.0 Å². The molecule has 23 heavy (non-hydrogen) atoms. The number of ether oxygens (including phenoxy) is 2. The molecule has 12 heteroatoms.